The van der Waals surface area contributed by atoms with Crippen LogP contribution in [0.2, 0.25) is 0 Å². The van der Waals surface area contributed by atoms with Gasteiger partial charge in [-0.25, -0.2) is 19.9 Å². The Bertz CT molecular complexity index is 2530. The molecule has 284 valence electrons. The number of aromatic nitrogens is 10. The molecule has 55 heavy (non-hydrogen) atoms. The van der Waals surface area contributed by atoms with Gasteiger partial charge >= 0.3 is 0 Å². The summed E-state index contributed by atoms with van der Waals surface area (Å²) < 4.78 is 9.57. The van der Waals surface area contributed by atoms with E-state index in [2.05, 4.69) is 25.3 Å². The summed E-state index contributed by atoms with van der Waals surface area (Å²) in [7, 11) is 10.2. The first-order valence-corrected chi connectivity index (χ1v) is 17.3. The van der Waals surface area contributed by atoms with Gasteiger partial charge in [-0.15, -0.1) is 0 Å². The van der Waals surface area contributed by atoms with Gasteiger partial charge in [0.1, 0.15) is 5.69 Å². The summed E-state index contributed by atoms with van der Waals surface area (Å²) in [6, 6.07) is 3.22. The molecule has 6 heterocycles. The van der Waals surface area contributed by atoms with Crippen molar-refractivity contribution in [1.29, 1.82) is 0 Å². The second kappa shape index (κ2) is 14.9. The van der Waals surface area contributed by atoms with E-state index in [1.807, 2.05) is 0 Å². The van der Waals surface area contributed by atoms with Gasteiger partial charge in [-0.2, -0.15) is 0 Å². The molecule has 0 saturated carbocycles. The van der Waals surface area contributed by atoms with Gasteiger partial charge in [-0.05, 0) is 24.6 Å². The van der Waals surface area contributed by atoms with Crippen molar-refractivity contribution in [3.05, 3.63) is 112 Å². The molecule has 0 fully saturated rings. The molecule has 6 aromatic rings. The van der Waals surface area contributed by atoms with Crippen molar-refractivity contribution in [3.8, 4) is 0 Å². The fourth-order valence-electron chi connectivity index (χ4n) is 6.62. The minimum Gasteiger partial charge on any atom is -0.346 e. The van der Waals surface area contributed by atoms with E-state index in [1.165, 1.54) is 6.92 Å². The molecular formula is C38H41N11O6. The molecule has 0 aliphatic heterocycles. The predicted octanol–water partition coefficient (Wildman–Crippen LogP) is 2.76. The largest absolute Gasteiger partial charge is 0.346 e. The highest BCUT2D eigenvalue weighted by atomic mass is 16.2. The lowest BCUT2D eigenvalue weighted by atomic mass is 10.1. The number of carbonyl (C=O) groups excluding carboxylic acids is 6. The minimum absolute atomic E-state index is 0.0129. The molecule has 0 radical (unpaired) electrons. The Labute approximate surface area is 315 Å². The van der Waals surface area contributed by atoms with Crippen molar-refractivity contribution in [2.24, 2.45) is 42.3 Å². The van der Waals surface area contributed by atoms with E-state index in [4.69, 9.17) is 0 Å². The van der Waals surface area contributed by atoms with Crippen LogP contribution in [0.4, 0.5) is 5.69 Å². The molecule has 0 atom stereocenters. The standard InChI is InChI=1S/C38H41N11O6/c1-21-15-46(5)34(39-21)31(52)12-25-19-48(7)36(41-25)33(54)14-27-20-49(8)37(42-27)32(53)13-26-18-47(6)35(40-26)30(51)10-23-9-29(44(3)16-23)38(55)43-24-11-28(22(2)50)45(4)17-24/h9,11,15-20H,10,12-14H2,1-8H3,(H,43,55). The Kier molecular flexibility index (Phi) is 10.3. The van der Waals surface area contributed by atoms with Crippen molar-refractivity contribution < 1.29 is 28.8 Å². The molecular weight excluding hydrogens is 706 g/mol. The number of anilines is 1. The van der Waals surface area contributed by atoms with Gasteiger partial charge < -0.3 is 32.7 Å². The SMILES string of the molecule is CC(=O)c1cc(NC(=O)c2cc(CC(=O)c3nc(CC(=O)c4nc(CC(=O)c5nc(CC(=O)c6nc(C)cn6C)cn5C)cn4C)cn3C)cn2C)cn1C. The number of aryl methyl sites for hydroxylation is 7. The maximum absolute atomic E-state index is 13.4. The molecule has 6 aromatic heterocycles. The molecule has 0 saturated heterocycles. The molecule has 1 N–H and O–H groups in total. The molecule has 17 nitrogen and oxygen atoms in total. The molecule has 0 bridgehead atoms. The zero-order valence-electron chi connectivity index (χ0n) is 31.9. The predicted molar refractivity (Wildman–Crippen MR) is 198 cm³/mol. The first kappa shape index (κ1) is 38.0. The van der Waals surface area contributed by atoms with Crippen molar-refractivity contribution >= 4 is 40.5 Å². The zero-order chi connectivity index (χ0) is 39.9. The second-order valence-electron chi connectivity index (χ2n) is 13.8. The van der Waals surface area contributed by atoms with E-state index < -0.39 is 5.91 Å². The minimum atomic E-state index is -0.396. The highest BCUT2D eigenvalue weighted by Crippen LogP contribution is 2.18. The van der Waals surface area contributed by atoms with Crippen LogP contribution in [0.1, 0.15) is 98.7 Å². The first-order chi connectivity index (χ1) is 26.0. The van der Waals surface area contributed by atoms with Crippen molar-refractivity contribution in [2.75, 3.05) is 5.32 Å². The molecule has 17 heteroatoms. The smallest absolute Gasteiger partial charge is 0.272 e. The monoisotopic (exact) mass is 747 g/mol. The van der Waals surface area contributed by atoms with Gasteiger partial charge in [0.2, 0.25) is 23.1 Å². The van der Waals surface area contributed by atoms with Gasteiger partial charge in [-0.3, -0.25) is 28.8 Å². The number of nitrogens with one attached hydrogen (secondary N) is 1. The maximum Gasteiger partial charge on any atom is 0.272 e. The number of ketones is 5. The molecule has 6 rings (SSSR count). The lowest BCUT2D eigenvalue weighted by Gasteiger charge is -2.03. The van der Waals surface area contributed by atoms with Crippen LogP contribution < -0.4 is 5.32 Å². The molecule has 0 spiro atoms. The summed E-state index contributed by atoms with van der Waals surface area (Å²) in [5.74, 6) is -0.973. The summed E-state index contributed by atoms with van der Waals surface area (Å²) in [6.45, 7) is 3.25. The Balaban J connectivity index is 1.06. The number of nitrogens with zero attached hydrogens (tertiary/aromatic N) is 10. The van der Waals surface area contributed by atoms with Gasteiger partial charge in [0.25, 0.3) is 5.91 Å². The molecule has 0 aliphatic carbocycles. The Hall–Kier alpha value is -6.78. The number of Topliss-reactive ketones (excluding diaryl/α,β-unsaturated/α-hetero) is 5. The molecule has 1 amide bonds. The number of carbonyl (C=O) groups is 6. The van der Waals surface area contributed by atoms with Crippen molar-refractivity contribution in [1.82, 2.24) is 47.3 Å². The summed E-state index contributed by atoms with van der Waals surface area (Å²) in [5.41, 5.74) is 3.76. The normalized spacial score (nSPS) is 11.3. The van der Waals surface area contributed by atoms with Crippen LogP contribution >= 0.6 is 0 Å². The average Bonchev–Trinajstić information content (AvgIpc) is 3.94. The van der Waals surface area contributed by atoms with Gasteiger partial charge in [-0.1, -0.05) is 0 Å². The Morgan fingerprint density at radius 1 is 0.509 bits per heavy atom. The number of hydrogen-bond acceptors (Lipinski definition) is 10. The highest BCUT2D eigenvalue weighted by molar-refractivity contribution is 6.05. The quantitative estimate of drug-likeness (QED) is 0.153. The molecule has 0 unspecified atom stereocenters. The number of rotatable bonds is 15. The van der Waals surface area contributed by atoms with Crippen LogP contribution in [0.15, 0.2) is 49.3 Å². The Morgan fingerprint density at radius 2 is 0.927 bits per heavy atom. The first-order valence-electron chi connectivity index (χ1n) is 17.3. The second-order valence-corrected chi connectivity index (χ2v) is 13.8. The van der Waals surface area contributed by atoms with Crippen LogP contribution in [-0.2, 0) is 68.0 Å². The van der Waals surface area contributed by atoms with Crippen LogP contribution in [0.5, 0.6) is 0 Å². The maximum atomic E-state index is 13.4. The van der Waals surface area contributed by atoms with Crippen LogP contribution in [0.3, 0.4) is 0 Å². The van der Waals surface area contributed by atoms with Crippen molar-refractivity contribution in [3.63, 3.8) is 0 Å². The summed E-state index contributed by atoms with van der Waals surface area (Å²) in [4.78, 5) is 95.1. The van der Waals surface area contributed by atoms with E-state index in [-0.39, 0.29) is 72.1 Å². The Morgan fingerprint density at radius 3 is 1.35 bits per heavy atom. The van der Waals surface area contributed by atoms with Gasteiger partial charge in [0.15, 0.2) is 29.1 Å². The number of amides is 1. The topological polar surface area (TPSA) is 196 Å². The van der Waals surface area contributed by atoms with Gasteiger partial charge in [0.05, 0.1) is 53.4 Å². The number of hydrogen-bond donors (Lipinski definition) is 1. The third-order valence-corrected chi connectivity index (χ3v) is 9.08. The van der Waals surface area contributed by atoms with E-state index in [0.717, 1.165) is 5.69 Å². The number of imidazole rings is 4. The zero-order valence-corrected chi connectivity index (χ0v) is 31.9. The lowest BCUT2D eigenvalue weighted by molar-refractivity contribution is 0.0965. The average molecular weight is 748 g/mol. The highest BCUT2D eigenvalue weighted by Gasteiger charge is 2.24. The van der Waals surface area contributed by atoms with E-state index in [1.54, 1.807) is 126 Å². The lowest BCUT2D eigenvalue weighted by Crippen LogP contribution is -2.14. The van der Waals surface area contributed by atoms with Crippen LogP contribution in [-0.4, -0.2) is 82.2 Å². The van der Waals surface area contributed by atoms with Gasteiger partial charge in [0, 0.05) is 92.8 Å². The fraction of sp³-hybridized carbons (Fsp3) is 0.316. The third kappa shape index (κ3) is 8.09. The molecule has 0 aliphatic rings. The van der Waals surface area contributed by atoms with E-state index in [9.17, 15) is 28.8 Å². The fourth-order valence-corrected chi connectivity index (χ4v) is 6.62. The molecule has 0 aromatic carbocycles. The summed E-state index contributed by atoms with van der Waals surface area (Å²) >= 11 is 0. The van der Waals surface area contributed by atoms with Crippen molar-refractivity contribution in [2.45, 2.75) is 39.5 Å². The van der Waals surface area contributed by atoms with E-state index in [0.29, 0.717) is 45.5 Å². The van der Waals surface area contributed by atoms with Crippen LogP contribution in [0, 0.1) is 6.92 Å². The summed E-state index contributed by atoms with van der Waals surface area (Å²) in [6.07, 6.45) is 9.65. The van der Waals surface area contributed by atoms with E-state index >= 15 is 0 Å². The summed E-state index contributed by atoms with van der Waals surface area (Å²) in [5, 5.41) is 2.79. The third-order valence-electron chi connectivity index (χ3n) is 9.08. The van der Waals surface area contributed by atoms with Crippen LogP contribution in [0.25, 0.3) is 0 Å².